The van der Waals surface area contributed by atoms with Crippen LogP contribution >= 0.6 is 0 Å². The lowest BCUT2D eigenvalue weighted by Gasteiger charge is -2.13. The molecule has 20 heavy (non-hydrogen) atoms. The van der Waals surface area contributed by atoms with Gasteiger partial charge in [0.1, 0.15) is 5.75 Å². The minimum Gasteiger partial charge on any atom is -0.491 e. The Morgan fingerprint density at radius 2 is 2.10 bits per heavy atom. The molecule has 6 heteroatoms. The van der Waals surface area contributed by atoms with Gasteiger partial charge in [-0.05, 0) is 30.5 Å². The number of hydrogen-bond donors (Lipinski definition) is 3. The third kappa shape index (κ3) is 5.27. The average molecular weight is 279 g/mol. The molecule has 1 aromatic carbocycles. The van der Waals surface area contributed by atoms with Crippen LogP contribution < -0.4 is 21.5 Å². The number of nitrogens with two attached hydrogens (primary N) is 2. The highest BCUT2D eigenvalue weighted by atomic mass is 16.5. The molecule has 5 N–H and O–H groups in total. The van der Waals surface area contributed by atoms with Crippen LogP contribution in [0.3, 0.4) is 0 Å². The van der Waals surface area contributed by atoms with Gasteiger partial charge < -0.3 is 21.5 Å². The van der Waals surface area contributed by atoms with Gasteiger partial charge in [0, 0.05) is 6.42 Å². The first-order chi connectivity index (χ1) is 9.56. The summed E-state index contributed by atoms with van der Waals surface area (Å²) in [6.07, 6.45) is 1.68. The van der Waals surface area contributed by atoms with Crippen molar-refractivity contribution in [2.75, 3.05) is 18.5 Å². The summed E-state index contributed by atoms with van der Waals surface area (Å²) < 4.78 is 5.61. The first-order valence-corrected chi connectivity index (χ1v) is 6.60. The van der Waals surface area contributed by atoms with Crippen molar-refractivity contribution in [3.8, 4) is 5.75 Å². The molecule has 1 aromatic rings. The number of aryl methyl sites for hydroxylation is 1. The molecule has 0 unspecified atom stereocenters. The summed E-state index contributed by atoms with van der Waals surface area (Å²) in [5, 5.41) is 2.68. The number of carbonyl (C=O) groups excluding carboxylic acids is 2. The zero-order valence-electron chi connectivity index (χ0n) is 11.6. The van der Waals surface area contributed by atoms with Gasteiger partial charge >= 0.3 is 0 Å². The van der Waals surface area contributed by atoms with Crippen LogP contribution in [0.15, 0.2) is 18.2 Å². The van der Waals surface area contributed by atoms with Crippen molar-refractivity contribution in [1.82, 2.24) is 0 Å². The Morgan fingerprint density at radius 1 is 1.35 bits per heavy atom. The summed E-state index contributed by atoms with van der Waals surface area (Å²) in [6.45, 7) is 2.45. The van der Waals surface area contributed by atoms with Crippen molar-refractivity contribution in [2.24, 2.45) is 11.5 Å². The highest BCUT2D eigenvalue weighted by molar-refractivity contribution is 5.93. The number of nitrogens with one attached hydrogen (secondary N) is 1. The smallest absolute Gasteiger partial charge is 0.238 e. The summed E-state index contributed by atoms with van der Waals surface area (Å²) >= 11 is 0. The maximum Gasteiger partial charge on any atom is 0.238 e. The average Bonchev–Trinajstić information content (AvgIpc) is 2.44. The highest BCUT2D eigenvalue weighted by Crippen LogP contribution is 2.26. The SMILES string of the molecule is CCCOc1cc(CCC(N)=O)ccc1NC(=O)CN. The normalized spacial score (nSPS) is 10.1. The van der Waals surface area contributed by atoms with Crippen LogP contribution in [0.2, 0.25) is 0 Å². The van der Waals surface area contributed by atoms with E-state index in [0.717, 1.165) is 12.0 Å². The van der Waals surface area contributed by atoms with Crippen LogP contribution in [0.4, 0.5) is 5.69 Å². The molecular formula is C14H21N3O3. The molecule has 0 aliphatic carbocycles. The summed E-state index contributed by atoms with van der Waals surface area (Å²) in [5.41, 5.74) is 11.9. The van der Waals surface area contributed by atoms with E-state index in [2.05, 4.69) is 5.32 Å². The molecule has 0 aromatic heterocycles. The maximum atomic E-state index is 11.4. The van der Waals surface area contributed by atoms with Gasteiger partial charge in [0.15, 0.2) is 0 Å². The molecule has 0 saturated carbocycles. The molecule has 0 radical (unpaired) electrons. The number of carbonyl (C=O) groups is 2. The Kier molecular flexibility index (Phi) is 6.52. The van der Waals surface area contributed by atoms with Crippen LogP contribution in [0, 0.1) is 0 Å². The zero-order valence-corrected chi connectivity index (χ0v) is 11.6. The van der Waals surface area contributed by atoms with Gasteiger partial charge in [-0.1, -0.05) is 13.0 Å². The molecule has 0 fully saturated rings. The van der Waals surface area contributed by atoms with Crippen molar-refractivity contribution in [3.05, 3.63) is 23.8 Å². The van der Waals surface area contributed by atoms with Gasteiger partial charge in [0.2, 0.25) is 11.8 Å². The molecule has 0 heterocycles. The lowest BCUT2D eigenvalue weighted by molar-refractivity contribution is -0.118. The first-order valence-electron chi connectivity index (χ1n) is 6.60. The molecule has 0 bridgehead atoms. The number of ether oxygens (including phenoxy) is 1. The van der Waals surface area contributed by atoms with E-state index >= 15 is 0 Å². The first kappa shape index (κ1) is 16.0. The Balaban J connectivity index is 2.87. The van der Waals surface area contributed by atoms with Gasteiger partial charge in [-0.3, -0.25) is 9.59 Å². The molecule has 0 spiro atoms. The number of benzene rings is 1. The van der Waals surface area contributed by atoms with E-state index in [1.807, 2.05) is 19.1 Å². The molecule has 110 valence electrons. The molecule has 2 amide bonds. The van der Waals surface area contributed by atoms with Crippen molar-refractivity contribution >= 4 is 17.5 Å². The van der Waals surface area contributed by atoms with Crippen LogP contribution in [0.1, 0.15) is 25.3 Å². The van der Waals surface area contributed by atoms with E-state index in [9.17, 15) is 9.59 Å². The molecule has 0 saturated heterocycles. The number of hydrogen-bond acceptors (Lipinski definition) is 4. The Morgan fingerprint density at radius 3 is 2.70 bits per heavy atom. The molecule has 6 nitrogen and oxygen atoms in total. The number of anilines is 1. The standard InChI is InChI=1S/C14H21N3O3/c1-2-7-20-12-8-10(4-6-13(16)18)3-5-11(12)17-14(19)9-15/h3,5,8H,2,4,6-7,9,15H2,1H3,(H2,16,18)(H,17,19). The summed E-state index contributed by atoms with van der Waals surface area (Å²) in [6, 6.07) is 5.38. The van der Waals surface area contributed by atoms with E-state index < -0.39 is 0 Å². The second-order valence-corrected chi connectivity index (χ2v) is 4.40. The van der Waals surface area contributed by atoms with Gasteiger partial charge in [-0.25, -0.2) is 0 Å². The fraction of sp³-hybridized carbons (Fsp3) is 0.429. The predicted molar refractivity (Wildman–Crippen MR) is 77.4 cm³/mol. The minimum atomic E-state index is -0.346. The third-order valence-electron chi connectivity index (χ3n) is 2.63. The maximum absolute atomic E-state index is 11.4. The molecule has 0 aliphatic rings. The Bertz CT molecular complexity index is 475. The van der Waals surface area contributed by atoms with E-state index in [-0.39, 0.29) is 24.8 Å². The fourth-order valence-corrected chi connectivity index (χ4v) is 1.63. The molecular weight excluding hydrogens is 258 g/mol. The van der Waals surface area contributed by atoms with E-state index in [1.54, 1.807) is 6.07 Å². The van der Waals surface area contributed by atoms with Crippen LogP contribution in [-0.4, -0.2) is 25.0 Å². The van der Waals surface area contributed by atoms with Crippen LogP contribution in [0.25, 0.3) is 0 Å². The second kappa shape index (κ2) is 8.16. The van der Waals surface area contributed by atoms with E-state index in [4.69, 9.17) is 16.2 Å². The Hall–Kier alpha value is -2.08. The summed E-state index contributed by atoms with van der Waals surface area (Å²) in [5.74, 6) is -0.0478. The summed E-state index contributed by atoms with van der Waals surface area (Å²) in [7, 11) is 0. The lowest BCUT2D eigenvalue weighted by Crippen LogP contribution is -2.22. The zero-order chi connectivity index (χ0) is 15.0. The van der Waals surface area contributed by atoms with Gasteiger partial charge in [0.05, 0.1) is 18.8 Å². The van der Waals surface area contributed by atoms with Crippen molar-refractivity contribution in [1.29, 1.82) is 0 Å². The highest BCUT2D eigenvalue weighted by Gasteiger charge is 2.09. The van der Waals surface area contributed by atoms with E-state index in [1.165, 1.54) is 0 Å². The van der Waals surface area contributed by atoms with Crippen LogP contribution in [0.5, 0.6) is 5.75 Å². The van der Waals surface area contributed by atoms with Gasteiger partial charge in [-0.15, -0.1) is 0 Å². The number of amides is 2. The summed E-state index contributed by atoms with van der Waals surface area (Å²) in [4.78, 5) is 22.2. The van der Waals surface area contributed by atoms with Crippen molar-refractivity contribution in [2.45, 2.75) is 26.2 Å². The number of primary amides is 1. The molecule has 0 atom stereocenters. The van der Waals surface area contributed by atoms with Gasteiger partial charge in [-0.2, -0.15) is 0 Å². The topological polar surface area (TPSA) is 107 Å². The van der Waals surface area contributed by atoms with E-state index in [0.29, 0.717) is 24.5 Å². The molecule has 1 rings (SSSR count). The second-order valence-electron chi connectivity index (χ2n) is 4.40. The van der Waals surface area contributed by atoms with Gasteiger partial charge in [0.25, 0.3) is 0 Å². The Labute approximate surface area is 118 Å². The predicted octanol–water partition coefficient (Wildman–Crippen LogP) is 0.791. The van der Waals surface area contributed by atoms with Crippen molar-refractivity contribution < 1.29 is 14.3 Å². The van der Waals surface area contributed by atoms with Crippen LogP contribution in [-0.2, 0) is 16.0 Å². The largest absolute Gasteiger partial charge is 0.491 e. The number of rotatable bonds is 8. The third-order valence-corrected chi connectivity index (χ3v) is 2.63. The molecule has 0 aliphatic heterocycles. The quantitative estimate of drug-likeness (QED) is 0.653. The lowest BCUT2D eigenvalue weighted by atomic mass is 10.1. The van der Waals surface area contributed by atoms with Crippen molar-refractivity contribution in [3.63, 3.8) is 0 Å². The minimum absolute atomic E-state index is 0.0867. The fourth-order valence-electron chi connectivity index (χ4n) is 1.63. The monoisotopic (exact) mass is 279 g/mol.